The molecule has 0 unspecified atom stereocenters. The van der Waals surface area contributed by atoms with Crippen LogP contribution in [0.5, 0.6) is 11.5 Å². The number of methoxy groups -OCH3 is 1. The highest BCUT2D eigenvalue weighted by Crippen LogP contribution is 2.48. The lowest BCUT2D eigenvalue weighted by Crippen LogP contribution is -2.39. The molecule has 1 aromatic carbocycles. The van der Waals surface area contributed by atoms with Crippen molar-refractivity contribution in [1.82, 2.24) is 5.32 Å². The molecule has 1 aliphatic carbocycles. The molecular formula is C36H43NO12. The summed E-state index contributed by atoms with van der Waals surface area (Å²) in [7, 11) is 1.46. The Balaban J connectivity index is 1.77. The van der Waals surface area contributed by atoms with E-state index < -0.39 is 65.2 Å². The summed E-state index contributed by atoms with van der Waals surface area (Å²) < 4.78 is 28.4. The zero-order valence-corrected chi connectivity index (χ0v) is 28.8. The van der Waals surface area contributed by atoms with Crippen molar-refractivity contribution < 1.29 is 57.9 Å². The van der Waals surface area contributed by atoms with E-state index in [9.17, 15) is 34.2 Å². The fraction of sp³-hybridized carbons (Fsp3) is 0.472. The highest BCUT2D eigenvalue weighted by Gasteiger charge is 2.52. The van der Waals surface area contributed by atoms with Gasteiger partial charge in [0.1, 0.15) is 18.1 Å². The molecule has 0 spiro atoms. The number of ketones is 3. The summed E-state index contributed by atoms with van der Waals surface area (Å²) in [4.78, 5) is 66.0. The molecule has 4 rings (SSSR count). The highest BCUT2D eigenvalue weighted by atomic mass is 16.7. The van der Waals surface area contributed by atoms with Gasteiger partial charge in [-0.3, -0.25) is 24.0 Å². The van der Waals surface area contributed by atoms with Crippen LogP contribution in [0.3, 0.4) is 0 Å². The number of aliphatic hydroxyl groups is 2. The van der Waals surface area contributed by atoms with Crippen LogP contribution in [-0.2, 0) is 23.8 Å². The van der Waals surface area contributed by atoms with Crippen LogP contribution in [0.25, 0.3) is 0 Å². The molecule has 0 aromatic heterocycles. The van der Waals surface area contributed by atoms with E-state index in [4.69, 9.17) is 23.7 Å². The molecule has 3 N–H and O–H groups in total. The van der Waals surface area contributed by atoms with E-state index in [0.717, 1.165) is 6.08 Å². The number of esters is 1. The van der Waals surface area contributed by atoms with Gasteiger partial charge in [0.2, 0.25) is 5.78 Å². The second-order valence-electron chi connectivity index (χ2n) is 12.7. The Labute approximate surface area is 284 Å². The van der Waals surface area contributed by atoms with Gasteiger partial charge in [0.15, 0.2) is 5.78 Å². The van der Waals surface area contributed by atoms with Crippen LogP contribution in [0.2, 0.25) is 0 Å². The third kappa shape index (κ3) is 7.53. The minimum atomic E-state index is -1.98. The number of benzene rings is 1. The predicted octanol–water partition coefficient (Wildman–Crippen LogP) is 3.30. The minimum absolute atomic E-state index is 0.0577. The Hall–Kier alpha value is -4.59. The van der Waals surface area contributed by atoms with Crippen molar-refractivity contribution in [3.63, 3.8) is 0 Å². The number of carbonyl (C=O) groups excluding carboxylic acids is 5. The molecule has 49 heavy (non-hydrogen) atoms. The van der Waals surface area contributed by atoms with E-state index in [-0.39, 0.29) is 64.2 Å². The summed E-state index contributed by atoms with van der Waals surface area (Å²) in [6.07, 6.45) is 5.68. The first-order valence-electron chi connectivity index (χ1n) is 15.9. The minimum Gasteiger partial charge on any atom is -0.490 e. The van der Waals surface area contributed by atoms with Gasteiger partial charge in [-0.15, -0.1) is 0 Å². The summed E-state index contributed by atoms with van der Waals surface area (Å²) in [6.45, 7) is 10.6. The number of aliphatic hydroxyl groups excluding tert-OH is 2. The number of hydrogen-bond acceptors (Lipinski definition) is 12. The smallest absolute Gasteiger partial charge is 0.312 e. The number of rotatable bonds is 7. The Morgan fingerprint density at radius 3 is 2.47 bits per heavy atom. The van der Waals surface area contributed by atoms with Crippen molar-refractivity contribution >= 4 is 29.2 Å². The number of ether oxygens (including phenoxy) is 5. The normalized spacial score (nSPS) is 28.7. The number of nitrogens with one attached hydrogen (secondary N) is 1. The summed E-state index contributed by atoms with van der Waals surface area (Å²) >= 11 is 0. The number of fused-ring (bicyclic) bond motifs is 3. The van der Waals surface area contributed by atoms with Gasteiger partial charge in [0, 0.05) is 55.9 Å². The zero-order valence-electron chi connectivity index (χ0n) is 28.8. The third-order valence-corrected chi connectivity index (χ3v) is 8.96. The number of carbonyl (C=O) groups is 5. The molecule has 2 aliphatic heterocycles. The Kier molecular flexibility index (Phi) is 11.3. The lowest BCUT2D eigenvalue weighted by atomic mass is 9.84. The average Bonchev–Trinajstić information content (AvgIpc) is 3.32. The van der Waals surface area contributed by atoms with Crippen molar-refractivity contribution in [3.05, 3.63) is 70.2 Å². The maximum Gasteiger partial charge on any atom is 0.312 e. The molecule has 2 heterocycles. The van der Waals surface area contributed by atoms with Crippen LogP contribution in [0.15, 0.2) is 47.9 Å². The van der Waals surface area contributed by atoms with Gasteiger partial charge in [-0.1, -0.05) is 39.0 Å². The molecule has 1 aromatic rings. The molecule has 1 amide bonds. The standard InChI is InChI=1S/C36H43NO12/c1-17-10-9-11-18(2)35(44)37-23-14-24(39)27-28(31(23)42)32(47-16-25(40)20(4)30(17)41)21(5)33-29(27)34(43)36(7,49-33)48-13-12-26(45-8)19(3)15-46-22(6)38/h9-14,17,19-20,25-26,30,40-41H,15-16H2,1-8H3,(H,37,44)/b10-9+,13-12+,18-11-/t17-,19-,20-,25-,26-,30-,36-/m0/s1. The summed E-state index contributed by atoms with van der Waals surface area (Å²) in [5.74, 6) is -6.91. The predicted molar refractivity (Wildman–Crippen MR) is 175 cm³/mol. The molecule has 7 atom stereocenters. The highest BCUT2D eigenvalue weighted by molar-refractivity contribution is 6.31. The topological polar surface area (TPSA) is 184 Å². The van der Waals surface area contributed by atoms with Crippen LogP contribution in [0, 0.1) is 24.7 Å². The molecule has 3 aliphatic rings. The Morgan fingerprint density at radius 2 is 1.82 bits per heavy atom. The van der Waals surface area contributed by atoms with Gasteiger partial charge in [-0.05, 0) is 19.9 Å². The van der Waals surface area contributed by atoms with Crippen molar-refractivity contribution in [1.29, 1.82) is 0 Å². The van der Waals surface area contributed by atoms with Crippen LogP contribution < -0.4 is 14.8 Å². The molecular weight excluding hydrogens is 638 g/mol. The second kappa shape index (κ2) is 14.9. The molecule has 264 valence electrons. The second-order valence-corrected chi connectivity index (χ2v) is 12.7. The van der Waals surface area contributed by atoms with Crippen molar-refractivity contribution in [3.8, 4) is 11.5 Å². The molecule has 2 bridgehead atoms. The number of Topliss-reactive ketones (excluding diaryl/α,β-unsaturated/α-hetero) is 2. The zero-order chi connectivity index (χ0) is 36.4. The number of amides is 1. The lowest BCUT2D eigenvalue weighted by Gasteiger charge is -2.28. The molecule has 0 radical (unpaired) electrons. The summed E-state index contributed by atoms with van der Waals surface area (Å²) in [5.41, 5.74) is -0.710. The van der Waals surface area contributed by atoms with E-state index >= 15 is 0 Å². The maximum atomic E-state index is 14.0. The summed E-state index contributed by atoms with van der Waals surface area (Å²) in [6, 6.07) is 0. The average molecular weight is 682 g/mol. The quantitative estimate of drug-likeness (QED) is 0.282. The number of allylic oxidation sites excluding steroid dienone is 4. The van der Waals surface area contributed by atoms with Crippen molar-refractivity contribution in [2.24, 2.45) is 17.8 Å². The molecule has 0 saturated carbocycles. The fourth-order valence-corrected chi connectivity index (χ4v) is 5.76. The largest absolute Gasteiger partial charge is 0.490 e. The Morgan fingerprint density at radius 1 is 1.12 bits per heavy atom. The van der Waals surface area contributed by atoms with Crippen LogP contribution >= 0.6 is 0 Å². The van der Waals surface area contributed by atoms with Gasteiger partial charge < -0.3 is 39.2 Å². The first kappa shape index (κ1) is 37.2. The first-order chi connectivity index (χ1) is 23.0. The van der Waals surface area contributed by atoms with Crippen LogP contribution in [-0.4, -0.2) is 83.9 Å². The molecule has 0 saturated heterocycles. The monoisotopic (exact) mass is 681 g/mol. The Bertz CT molecular complexity index is 1670. The third-order valence-electron chi connectivity index (χ3n) is 8.96. The van der Waals surface area contributed by atoms with E-state index in [1.54, 1.807) is 32.9 Å². The molecule has 0 fully saturated rings. The lowest BCUT2D eigenvalue weighted by molar-refractivity contribution is -0.143. The molecule has 13 heteroatoms. The van der Waals surface area contributed by atoms with Gasteiger partial charge in [-0.2, -0.15) is 0 Å². The number of hydrogen-bond donors (Lipinski definition) is 3. The van der Waals surface area contributed by atoms with Gasteiger partial charge >= 0.3 is 11.8 Å². The van der Waals surface area contributed by atoms with E-state index in [0.29, 0.717) is 0 Å². The van der Waals surface area contributed by atoms with Crippen LogP contribution in [0.1, 0.15) is 78.2 Å². The van der Waals surface area contributed by atoms with Crippen LogP contribution in [0.4, 0.5) is 0 Å². The maximum absolute atomic E-state index is 14.0. The fourth-order valence-electron chi connectivity index (χ4n) is 5.76. The first-order valence-corrected chi connectivity index (χ1v) is 15.9. The molecule has 13 nitrogen and oxygen atoms in total. The van der Waals surface area contributed by atoms with Gasteiger partial charge in [0.05, 0.1) is 53.6 Å². The van der Waals surface area contributed by atoms with Crippen molar-refractivity contribution in [2.75, 3.05) is 20.3 Å². The van der Waals surface area contributed by atoms with E-state index in [1.165, 1.54) is 53.2 Å². The van der Waals surface area contributed by atoms with E-state index in [2.05, 4.69) is 5.32 Å². The summed E-state index contributed by atoms with van der Waals surface area (Å²) in [5, 5.41) is 24.4. The SMILES string of the molecule is CO[C@@H](/C=C/O[C@@]1(C)Oc2c(C)c3c4c(c2C1=O)C(=O)C=C(NC(=O)/C(C)=C\C=C\[C@H](C)[C@H](O)[C@@H](C)[C@@H](O)CO3)C4=O)[C@@H](C)COC(C)=O. The van der Waals surface area contributed by atoms with E-state index in [1.807, 2.05) is 0 Å². The van der Waals surface area contributed by atoms with Gasteiger partial charge in [0.25, 0.3) is 11.7 Å². The van der Waals surface area contributed by atoms with Gasteiger partial charge in [-0.25, -0.2) is 0 Å². The van der Waals surface area contributed by atoms with Crippen molar-refractivity contribution in [2.45, 2.75) is 72.6 Å².